The van der Waals surface area contributed by atoms with E-state index in [-0.39, 0.29) is 0 Å². The molecule has 0 atom stereocenters. The largest absolute Gasteiger partial charge is 0.253 e. The molecule has 96 valence electrons. The van der Waals surface area contributed by atoms with Gasteiger partial charge in [0.05, 0.1) is 16.4 Å². The molecule has 1 aromatic carbocycles. The quantitative estimate of drug-likeness (QED) is 0.682. The van der Waals surface area contributed by atoms with Crippen LogP contribution < -0.4 is 0 Å². The predicted octanol–water partition coefficient (Wildman–Crippen LogP) is 3.37. The fourth-order valence-electron chi connectivity index (χ4n) is 1.98. The number of nitrogens with zero attached hydrogens (tertiary/aromatic N) is 4. The summed E-state index contributed by atoms with van der Waals surface area (Å²) < 4.78 is 1.69. The highest BCUT2D eigenvalue weighted by Gasteiger charge is 2.12. The average Bonchev–Trinajstić information content (AvgIpc) is 2.81. The van der Waals surface area contributed by atoms with Crippen LogP contribution in [0.5, 0.6) is 0 Å². The summed E-state index contributed by atoms with van der Waals surface area (Å²) in [6.45, 7) is 5.84. The van der Waals surface area contributed by atoms with Crippen molar-refractivity contribution in [2.45, 2.75) is 20.8 Å². The van der Waals surface area contributed by atoms with Crippen molar-refractivity contribution in [3.8, 4) is 11.4 Å². The summed E-state index contributed by atoms with van der Waals surface area (Å²) >= 11 is 6.18. The highest BCUT2D eigenvalue weighted by atomic mass is 35.5. The van der Waals surface area contributed by atoms with Crippen LogP contribution in [-0.4, -0.2) is 19.6 Å². The molecule has 0 N–H and O–H groups in total. The number of fused-ring (bicyclic) bond motifs is 1. The average molecular weight is 273 g/mol. The van der Waals surface area contributed by atoms with Crippen LogP contribution in [0.4, 0.5) is 0 Å². The second-order valence-electron chi connectivity index (χ2n) is 4.61. The molecular formula is C14H13ClN4. The third-order valence-corrected chi connectivity index (χ3v) is 3.67. The Balaban J connectivity index is 2.22. The van der Waals surface area contributed by atoms with Crippen LogP contribution in [0.25, 0.3) is 17.2 Å². The number of rotatable bonds is 1. The molecule has 4 nitrogen and oxygen atoms in total. The molecule has 0 saturated heterocycles. The molecule has 0 fully saturated rings. The Morgan fingerprint density at radius 1 is 1.00 bits per heavy atom. The number of hydrogen-bond donors (Lipinski definition) is 0. The van der Waals surface area contributed by atoms with Crippen molar-refractivity contribution in [2.24, 2.45) is 0 Å². The van der Waals surface area contributed by atoms with Gasteiger partial charge in [-0.25, -0.2) is 4.98 Å². The second kappa shape index (κ2) is 4.31. The van der Waals surface area contributed by atoms with Crippen LogP contribution in [0.3, 0.4) is 0 Å². The van der Waals surface area contributed by atoms with Gasteiger partial charge >= 0.3 is 0 Å². The summed E-state index contributed by atoms with van der Waals surface area (Å²) in [5.74, 6) is 1.24. The summed E-state index contributed by atoms with van der Waals surface area (Å²) in [6, 6.07) is 8.10. The lowest BCUT2D eigenvalue weighted by Gasteiger charge is -2.02. The summed E-state index contributed by atoms with van der Waals surface area (Å²) in [6.07, 6.45) is 0. The van der Waals surface area contributed by atoms with Crippen molar-refractivity contribution in [3.05, 3.63) is 46.2 Å². The molecule has 0 aliphatic rings. The smallest absolute Gasteiger partial charge is 0.215 e. The van der Waals surface area contributed by atoms with E-state index < -0.39 is 0 Å². The third-order valence-electron chi connectivity index (χ3n) is 3.12. The molecule has 0 radical (unpaired) electrons. The third kappa shape index (κ3) is 1.98. The van der Waals surface area contributed by atoms with Crippen molar-refractivity contribution in [2.75, 3.05) is 0 Å². The molecule has 0 unspecified atom stereocenters. The van der Waals surface area contributed by atoms with E-state index in [2.05, 4.69) is 22.0 Å². The Labute approximate surface area is 116 Å². The first-order valence-corrected chi connectivity index (χ1v) is 6.40. The van der Waals surface area contributed by atoms with Crippen LogP contribution in [0.15, 0.2) is 24.3 Å². The molecule has 3 rings (SSSR count). The maximum Gasteiger partial charge on any atom is 0.253 e. The summed E-state index contributed by atoms with van der Waals surface area (Å²) in [5.41, 5.74) is 3.81. The maximum atomic E-state index is 6.18. The Morgan fingerprint density at radius 2 is 1.68 bits per heavy atom. The molecule has 2 heterocycles. The van der Waals surface area contributed by atoms with Crippen LogP contribution in [-0.2, 0) is 0 Å². The normalized spacial score (nSPS) is 11.2. The van der Waals surface area contributed by atoms with Crippen LogP contribution >= 0.6 is 11.6 Å². The van der Waals surface area contributed by atoms with Gasteiger partial charge in [0.2, 0.25) is 0 Å². The van der Waals surface area contributed by atoms with E-state index in [1.54, 1.807) is 4.52 Å². The van der Waals surface area contributed by atoms with Gasteiger partial charge in [0.1, 0.15) is 0 Å². The van der Waals surface area contributed by atoms with Crippen LogP contribution in [0.2, 0.25) is 5.02 Å². The standard InChI is InChI=1S/C14H13ClN4/c1-8-4-6-11(7-5-8)13-17-14-16-9(2)12(15)10(3)19(14)18-13/h4-7H,1-3H3. The van der Waals surface area contributed by atoms with Gasteiger partial charge in [0.25, 0.3) is 5.78 Å². The summed E-state index contributed by atoms with van der Waals surface area (Å²) in [5, 5.41) is 5.10. The number of hydrogen-bond acceptors (Lipinski definition) is 3. The predicted molar refractivity (Wildman–Crippen MR) is 75.4 cm³/mol. The fourth-order valence-corrected chi connectivity index (χ4v) is 2.10. The first-order valence-electron chi connectivity index (χ1n) is 6.03. The minimum Gasteiger partial charge on any atom is -0.215 e. The van der Waals surface area contributed by atoms with Gasteiger partial charge in [-0.2, -0.15) is 9.50 Å². The van der Waals surface area contributed by atoms with E-state index in [1.807, 2.05) is 38.1 Å². The lowest BCUT2D eigenvalue weighted by Crippen LogP contribution is -1.99. The Hall–Kier alpha value is -1.94. The highest BCUT2D eigenvalue weighted by molar-refractivity contribution is 6.31. The van der Waals surface area contributed by atoms with E-state index in [4.69, 9.17) is 11.6 Å². The van der Waals surface area contributed by atoms with Crippen molar-refractivity contribution >= 4 is 17.4 Å². The van der Waals surface area contributed by atoms with Gasteiger partial charge < -0.3 is 0 Å². The van der Waals surface area contributed by atoms with Crippen LogP contribution in [0.1, 0.15) is 17.0 Å². The number of aromatic nitrogens is 4. The van der Waals surface area contributed by atoms with Gasteiger partial charge in [0.15, 0.2) is 5.82 Å². The summed E-state index contributed by atoms with van der Waals surface area (Å²) in [4.78, 5) is 8.81. The van der Waals surface area contributed by atoms with Gasteiger partial charge in [-0.3, -0.25) is 0 Å². The molecule has 0 spiro atoms. The van der Waals surface area contributed by atoms with Gasteiger partial charge in [-0.05, 0) is 20.8 Å². The molecule has 0 bridgehead atoms. The topological polar surface area (TPSA) is 43.1 Å². The minimum absolute atomic E-state index is 0.579. The molecule has 2 aromatic heterocycles. The van der Waals surface area contributed by atoms with E-state index in [9.17, 15) is 0 Å². The Kier molecular flexibility index (Phi) is 2.75. The molecule has 3 aromatic rings. The molecular weight excluding hydrogens is 260 g/mol. The number of aryl methyl sites for hydroxylation is 3. The first kappa shape index (κ1) is 12.1. The zero-order chi connectivity index (χ0) is 13.6. The van der Waals surface area contributed by atoms with E-state index in [1.165, 1.54) is 5.56 Å². The number of benzene rings is 1. The molecule has 0 aliphatic carbocycles. The van der Waals surface area contributed by atoms with E-state index in [0.717, 1.165) is 17.0 Å². The lowest BCUT2D eigenvalue weighted by atomic mass is 10.1. The Morgan fingerprint density at radius 3 is 2.37 bits per heavy atom. The van der Waals surface area contributed by atoms with Gasteiger partial charge in [-0.1, -0.05) is 41.4 Å². The second-order valence-corrected chi connectivity index (χ2v) is 4.99. The molecule has 5 heteroatoms. The molecule has 0 amide bonds. The zero-order valence-corrected chi connectivity index (χ0v) is 11.7. The van der Waals surface area contributed by atoms with Crippen molar-refractivity contribution < 1.29 is 0 Å². The first-order chi connectivity index (χ1) is 9.06. The monoisotopic (exact) mass is 272 g/mol. The van der Waals surface area contributed by atoms with Gasteiger partial charge in [0, 0.05) is 5.56 Å². The lowest BCUT2D eigenvalue weighted by molar-refractivity contribution is 0.888. The molecule has 0 aliphatic heterocycles. The Bertz CT molecular complexity index is 759. The van der Waals surface area contributed by atoms with Crippen molar-refractivity contribution in [1.82, 2.24) is 19.6 Å². The molecule has 19 heavy (non-hydrogen) atoms. The SMILES string of the molecule is Cc1ccc(-c2nc3nc(C)c(Cl)c(C)n3n2)cc1. The van der Waals surface area contributed by atoms with Crippen molar-refractivity contribution in [3.63, 3.8) is 0 Å². The zero-order valence-electron chi connectivity index (χ0n) is 11.0. The van der Waals surface area contributed by atoms with E-state index >= 15 is 0 Å². The number of halogens is 1. The van der Waals surface area contributed by atoms with Crippen LogP contribution in [0, 0.1) is 20.8 Å². The van der Waals surface area contributed by atoms with Crippen molar-refractivity contribution in [1.29, 1.82) is 0 Å². The molecule has 0 saturated carbocycles. The maximum absolute atomic E-state index is 6.18. The fraction of sp³-hybridized carbons (Fsp3) is 0.214. The summed E-state index contributed by atoms with van der Waals surface area (Å²) in [7, 11) is 0. The van der Waals surface area contributed by atoms with Gasteiger partial charge in [-0.15, -0.1) is 5.10 Å². The van der Waals surface area contributed by atoms with E-state index in [0.29, 0.717) is 16.6 Å². The highest BCUT2D eigenvalue weighted by Crippen LogP contribution is 2.21. The minimum atomic E-state index is 0.579.